The van der Waals surface area contributed by atoms with Crippen LogP contribution in [0.3, 0.4) is 0 Å². The third-order valence-electron chi connectivity index (χ3n) is 8.27. The molecule has 207 valence electrons. The molecule has 1 heterocycles. The van der Waals surface area contributed by atoms with E-state index in [0.29, 0.717) is 11.5 Å². The molecular weight excluding hydrogens is 659 g/mol. The van der Waals surface area contributed by atoms with E-state index in [1.165, 1.54) is 27.3 Å². The summed E-state index contributed by atoms with van der Waals surface area (Å²) in [5.41, 5.74) is 4.84. The average molecular weight is 700 g/mol. The van der Waals surface area contributed by atoms with Crippen LogP contribution in [0.5, 0.6) is 0 Å². The van der Waals surface area contributed by atoms with E-state index < -0.39 is 0 Å². The summed E-state index contributed by atoms with van der Waals surface area (Å²) in [6, 6.07) is 23.1. The normalized spacial score (nSPS) is 13.6. The fourth-order valence-corrected chi connectivity index (χ4v) is 5.73. The number of carbonyl (C=O) groups excluding carboxylic acids is 1. The van der Waals surface area contributed by atoms with E-state index in [-0.39, 0.29) is 37.4 Å². The predicted octanol–water partition coefficient (Wildman–Crippen LogP) is 9.34. The number of benzene rings is 3. The van der Waals surface area contributed by atoms with Crippen LogP contribution in [-0.2, 0) is 25.5 Å². The summed E-state index contributed by atoms with van der Waals surface area (Å²) < 4.78 is 0. The molecule has 0 fully saturated rings. The van der Waals surface area contributed by atoms with E-state index in [4.69, 9.17) is 4.98 Å². The van der Waals surface area contributed by atoms with Crippen molar-refractivity contribution < 1.29 is 30.0 Å². The van der Waals surface area contributed by atoms with Gasteiger partial charge in [-0.2, -0.15) is 0 Å². The Morgan fingerprint density at radius 3 is 2.21 bits per heavy atom. The van der Waals surface area contributed by atoms with Crippen LogP contribution < -0.4 is 0 Å². The second kappa shape index (κ2) is 13.0. The molecule has 4 aromatic rings. The number of aliphatic hydroxyl groups excluding tert-OH is 1. The zero-order valence-electron chi connectivity index (χ0n) is 24.0. The molecule has 0 saturated carbocycles. The molecule has 0 atom stereocenters. The second-order valence-corrected chi connectivity index (χ2v) is 10.9. The average Bonchev–Trinajstić information content (AvgIpc) is 2.92. The molecule has 3 nitrogen and oxygen atoms in total. The number of hydrogen-bond donors (Lipinski definition) is 1. The number of ketones is 1. The first-order valence-corrected chi connectivity index (χ1v) is 14.1. The number of allylic oxidation sites excluding steroid dienone is 2. The van der Waals surface area contributed by atoms with Crippen molar-refractivity contribution in [2.24, 2.45) is 11.8 Å². The van der Waals surface area contributed by atoms with Gasteiger partial charge in [0.05, 0.1) is 12.0 Å². The Balaban J connectivity index is 0.000000233. The van der Waals surface area contributed by atoms with Crippen LogP contribution in [0.15, 0.2) is 72.6 Å². The van der Waals surface area contributed by atoms with E-state index in [2.05, 4.69) is 74.5 Å². The van der Waals surface area contributed by atoms with Gasteiger partial charge in [0.15, 0.2) is 0 Å². The predicted molar refractivity (Wildman–Crippen MR) is 161 cm³/mol. The van der Waals surface area contributed by atoms with Crippen molar-refractivity contribution in [1.82, 2.24) is 4.98 Å². The minimum absolute atomic E-state index is 0. The monoisotopic (exact) mass is 700 g/mol. The van der Waals surface area contributed by atoms with Crippen LogP contribution in [0.25, 0.3) is 32.8 Å². The first kappa shape index (κ1) is 30.7. The molecule has 0 amide bonds. The maximum absolute atomic E-state index is 9.80. The van der Waals surface area contributed by atoms with Crippen molar-refractivity contribution in [3.05, 3.63) is 89.8 Å². The Morgan fingerprint density at radius 2 is 1.54 bits per heavy atom. The summed E-state index contributed by atoms with van der Waals surface area (Å²) >= 11 is 0. The molecule has 0 saturated heterocycles. The molecule has 0 bridgehead atoms. The van der Waals surface area contributed by atoms with Crippen LogP contribution in [-0.4, -0.2) is 20.7 Å². The third kappa shape index (κ3) is 6.03. The van der Waals surface area contributed by atoms with Gasteiger partial charge in [-0.15, -0.1) is 23.6 Å². The van der Waals surface area contributed by atoms with Gasteiger partial charge in [-0.1, -0.05) is 94.5 Å². The molecule has 0 aliphatic heterocycles. The molecule has 3 aromatic carbocycles. The van der Waals surface area contributed by atoms with Gasteiger partial charge in [0, 0.05) is 37.9 Å². The summed E-state index contributed by atoms with van der Waals surface area (Å²) in [5.74, 6) is 1.01. The van der Waals surface area contributed by atoms with Crippen molar-refractivity contribution in [3.63, 3.8) is 0 Å². The van der Waals surface area contributed by atoms with E-state index in [0.717, 1.165) is 42.3 Å². The molecule has 1 aliphatic carbocycles. The first-order chi connectivity index (χ1) is 18.3. The number of rotatable bonds is 7. The topological polar surface area (TPSA) is 54.5 Å². The second-order valence-electron chi connectivity index (χ2n) is 10.9. The van der Waals surface area contributed by atoms with Crippen LogP contribution in [0.1, 0.15) is 78.4 Å². The summed E-state index contributed by atoms with van der Waals surface area (Å²) in [6.07, 6.45) is 7.11. The Kier molecular flexibility index (Phi) is 10.3. The zero-order valence-corrected chi connectivity index (χ0v) is 26.4. The van der Waals surface area contributed by atoms with Crippen LogP contribution in [0, 0.1) is 17.9 Å². The summed E-state index contributed by atoms with van der Waals surface area (Å²) in [6.45, 7) is 12.8. The van der Waals surface area contributed by atoms with E-state index in [1.54, 1.807) is 6.08 Å². The SMILES string of the molecule is CC1(C)c2cc3ccccc3[c-]c2-c2nccc3cccc1c23.CCC(CC)C(=[OH+])/C=C(\O)C(CC)CC.[Ir]. The van der Waals surface area contributed by atoms with E-state index >= 15 is 0 Å². The van der Waals surface area contributed by atoms with Gasteiger partial charge in [0.1, 0.15) is 5.76 Å². The minimum atomic E-state index is -0.0502. The molecule has 4 heteroatoms. The summed E-state index contributed by atoms with van der Waals surface area (Å²) in [4.78, 5) is 14.5. The van der Waals surface area contributed by atoms with Gasteiger partial charge < -0.3 is 5.11 Å². The number of fused-ring (bicyclic) bond motifs is 3. The van der Waals surface area contributed by atoms with Crippen LogP contribution >= 0.6 is 0 Å². The molecule has 1 aliphatic rings. The maximum Gasteiger partial charge on any atom is 0.322 e. The number of nitrogens with zero attached hydrogens (tertiary/aromatic N) is 1. The number of aromatic nitrogens is 1. The molecule has 1 radical (unpaired) electrons. The number of aliphatic hydroxyl groups is 1. The molecule has 5 rings (SSSR count). The molecule has 1 aromatic heterocycles. The Hall–Kier alpha value is -2.81. The number of pyridine rings is 1. The van der Waals surface area contributed by atoms with Crippen molar-refractivity contribution >= 4 is 27.3 Å². The molecule has 0 spiro atoms. The fraction of sp³-hybridized carbons (Fsp3) is 0.371. The maximum atomic E-state index is 9.80. The van der Waals surface area contributed by atoms with Gasteiger partial charge in [0.2, 0.25) is 0 Å². The van der Waals surface area contributed by atoms with Crippen molar-refractivity contribution in [2.45, 2.75) is 72.6 Å². The largest absolute Gasteiger partial charge is 0.512 e. The summed E-state index contributed by atoms with van der Waals surface area (Å²) in [7, 11) is 0. The van der Waals surface area contributed by atoms with Crippen LogP contribution in [0.2, 0.25) is 0 Å². The molecular formula is C35H41IrNO2. The van der Waals surface area contributed by atoms with Gasteiger partial charge in [-0.05, 0) is 53.5 Å². The van der Waals surface area contributed by atoms with Crippen molar-refractivity contribution in [2.75, 3.05) is 0 Å². The standard InChI is InChI=1S/C22H16N.C13H24O2.Ir/c1-22(2)18-9-5-8-14-10-11-23-21(20(14)18)17-12-15-6-3-4-7-16(15)13-19(17)22;1-5-10(6-2)12(14)9-13(15)11(7-3)8-4;/h3-11,13H,1-2H3;9-11,14H,5-8H2,1-4H3;/q-1;;/p+1/b;12-9-;. The smallest absolute Gasteiger partial charge is 0.322 e. The van der Waals surface area contributed by atoms with Gasteiger partial charge >= 0.3 is 5.78 Å². The minimum Gasteiger partial charge on any atom is -0.512 e. The van der Waals surface area contributed by atoms with E-state index in [1.807, 2.05) is 33.9 Å². The van der Waals surface area contributed by atoms with Gasteiger partial charge in [0.25, 0.3) is 0 Å². The Morgan fingerprint density at radius 1 is 0.897 bits per heavy atom. The Labute approximate surface area is 247 Å². The quantitative estimate of drug-likeness (QED) is 0.0905. The molecule has 0 unspecified atom stereocenters. The molecule has 39 heavy (non-hydrogen) atoms. The van der Waals surface area contributed by atoms with Gasteiger partial charge in [-0.25, -0.2) is 0 Å². The van der Waals surface area contributed by atoms with Crippen molar-refractivity contribution in [1.29, 1.82) is 0 Å². The van der Waals surface area contributed by atoms with Gasteiger partial charge in [-0.3, -0.25) is 9.78 Å². The van der Waals surface area contributed by atoms with E-state index in [9.17, 15) is 9.90 Å². The fourth-order valence-electron chi connectivity index (χ4n) is 5.73. The Bertz CT molecular complexity index is 1470. The number of hydrogen-bond acceptors (Lipinski definition) is 2. The molecule has 2 N–H and O–H groups in total. The third-order valence-corrected chi connectivity index (χ3v) is 8.27. The van der Waals surface area contributed by atoms with Crippen LogP contribution in [0.4, 0.5) is 0 Å². The van der Waals surface area contributed by atoms with Crippen molar-refractivity contribution in [3.8, 4) is 11.3 Å². The zero-order chi connectivity index (χ0) is 27.4. The summed E-state index contributed by atoms with van der Waals surface area (Å²) in [5, 5.41) is 14.7. The first-order valence-electron chi connectivity index (χ1n) is 14.1.